The smallest absolute Gasteiger partial charge is 0.332 e. The Hall–Kier alpha value is -3.94. The number of aryl methyl sites for hydroxylation is 2. The SMILES string of the molecule is Cc1ccc(-n2c(C(C)N(C)C(=O)c3cccc(C(F)(F)F)c3)nc3ccccc3c2=O)cc1C. The monoisotopic (exact) mass is 479 g/mol. The highest BCUT2D eigenvalue weighted by Crippen LogP contribution is 2.30. The van der Waals surface area contributed by atoms with E-state index >= 15 is 0 Å². The van der Waals surface area contributed by atoms with Crippen molar-refractivity contribution in [2.75, 3.05) is 7.05 Å². The number of hydrogen-bond acceptors (Lipinski definition) is 3. The molecule has 3 aromatic carbocycles. The molecule has 5 nitrogen and oxygen atoms in total. The minimum absolute atomic E-state index is 0.102. The molecule has 0 aliphatic carbocycles. The maximum atomic E-state index is 13.6. The lowest BCUT2D eigenvalue weighted by molar-refractivity contribution is -0.137. The number of para-hydroxylation sites is 1. The van der Waals surface area contributed by atoms with Gasteiger partial charge in [0.1, 0.15) is 5.82 Å². The van der Waals surface area contributed by atoms with E-state index in [-0.39, 0.29) is 11.1 Å². The molecule has 0 saturated heterocycles. The number of rotatable bonds is 4. The third-order valence-corrected chi connectivity index (χ3v) is 6.26. The number of carbonyl (C=O) groups is 1. The molecule has 4 aromatic rings. The van der Waals surface area contributed by atoms with Crippen LogP contribution in [0.5, 0.6) is 0 Å². The van der Waals surface area contributed by atoms with E-state index in [1.54, 1.807) is 31.2 Å². The first-order valence-corrected chi connectivity index (χ1v) is 11.0. The van der Waals surface area contributed by atoms with Crippen LogP contribution in [-0.4, -0.2) is 27.4 Å². The number of nitrogens with zero attached hydrogens (tertiary/aromatic N) is 3. The molecule has 0 N–H and O–H groups in total. The van der Waals surface area contributed by atoms with Gasteiger partial charge >= 0.3 is 6.18 Å². The highest BCUT2D eigenvalue weighted by atomic mass is 19.4. The van der Waals surface area contributed by atoms with Gasteiger partial charge in [0.15, 0.2) is 0 Å². The van der Waals surface area contributed by atoms with Crippen molar-refractivity contribution in [1.29, 1.82) is 0 Å². The average molecular weight is 480 g/mol. The molecule has 0 aliphatic heterocycles. The quantitative estimate of drug-likeness (QED) is 0.369. The summed E-state index contributed by atoms with van der Waals surface area (Å²) in [5.74, 6) is -0.308. The Morgan fingerprint density at radius 2 is 1.69 bits per heavy atom. The summed E-state index contributed by atoms with van der Waals surface area (Å²) in [5, 5.41) is 0.425. The summed E-state index contributed by atoms with van der Waals surface area (Å²) in [6.07, 6.45) is -4.57. The zero-order valence-corrected chi connectivity index (χ0v) is 19.7. The Balaban J connectivity index is 1.85. The molecule has 1 atom stereocenters. The molecule has 1 heterocycles. The van der Waals surface area contributed by atoms with Crippen molar-refractivity contribution in [2.45, 2.75) is 33.0 Å². The highest BCUT2D eigenvalue weighted by Gasteiger charge is 2.32. The van der Waals surface area contributed by atoms with Crippen molar-refractivity contribution in [1.82, 2.24) is 14.5 Å². The van der Waals surface area contributed by atoms with E-state index in [0.29, 0.717) is 22.4 Å². The van der Waals surface area contributed by atoms with Gasteiger partial charge in [-0.2, -0.15) is 13.2 Å². The van der Waals surface area contributed by atoms with Gasteiger partial charge in [0.05, 0.1) is 28.2 Å². The predicted octanol–water partition coefficient (Wildman–Crippen LogP) is 5.85. The van der Waals surface area contributed by atoms with E-state index in [2.05, 4.69) is 0 Å². The summed E-state index contributed by atoms with van der Waals surface area (Å²) in [7, 11) is 1.49. The maximum Gasteiger partial charge on any atom is 0.416 e. The Morgan fingerprint density at radius 1 is 0.971 bits per heavy atom. The van der Waals surface area contributed by atoms with Gasteiger partial charge in [-0.25, -0.2) is 4.98 Å². The second-order valence-electron chi connectivity index (χ2n) is 8.57. The van der Waals surface area contributed by atoms with Crippen LogP contribution >= 0.6 is 0 Å². The van der Waals surface area contributed by atoms with Crippen molar-refractivity contribution in [3.63, 3.8) is 0 Å². The number of hydrogen-bond donors (Lipinski definition) is 0. The molecular weight excluding hydrogens is 455 g/mol. The van der Waals surface area contributed by atoms with Crippen LogP contribution < -0.4 is 5.56 Å². The summed E-state index contributed by atoms with van der Waals surface area (Å²) >= 11 is 0. The summed E-state index contributed by atoms with van der Waals surface area (Å²) in [6, 6.07) is 16.1. The Bertz CT molecular complexity index is 1490. The molecule has 4 rings (SSSR count). The van der Waals surface area contributed by atoms with Crippen LogP contribution in [0.1, 0.15) is 45.8 Å². The van der Waals surface area contributed by atoms with Gasteiger partial charge in [-0.1, -0.05) is 24.3 Å². The van der Waals surface area contributed by atoms with Crippen LogP contribution in [-0.2, 0) is 6.18 Å². The van der Waals surface area contributed by atoms with Gasteiger partial charge < -0.3 is 4.90 Å². The molecule has 35 heavy (non-hydrogen) atoms. The fourth-order valence-electron chi connectivity index (χ4n) is 3.93. The van der Waals surface area contributed by atoms with Crippen LogP contribution in [0, 0.1) is 13.8 Å². The number of aromatic nitrogens is 2. The fourth-order valence-corrected chi connectivity index (χ4v) is 3.93. The first-order valence-electron chi connectivity index (χ1n) is 11.0. The molecule has 0 spiro atoms. The maximum absolute atomic E-state index is 13.6. The van der Waals surface area contributed by atoms with Crippen molar-refractivity contribution in [3.05, 3.63) is 105 Å². The predicted molar refractivity (Wildman–Crippen MR) is 129 cm³/mol. The van der Waals surface area contributed by atoms with E-state index in [1.807, 2.05) is 32.0 Å². The van der Waals surface area contributed by atoms with Crippen LogP contribution in [0.3, 0.4) is 0 Å². The molecule has 1 amide bonds. The summed E-state index contributed by atoms with van der Waals surface area (Å²) in [5.41, 5.74) is 1.81. The van der Waals surface area contributed by atoms with Crippen LogP contribution in [0.15, 0.2) is 71.5 Å². The number of carbonyl (C=O) groups excluding carboxylic acids is 1. The van der Waals surface area contributed by atoms with Crippen LogP contribution in [0.2, 0.25) is 0 Å². The summed E-state index contributed by atoms with van der Waals surface area (Å²) < 4.78 is 41.0. The number of fused-ring (bicyclic) bond motifs is 1. The third kappa shape index (κ3) is 4.56. The molecule has 1 unspecified atom stereocenters. The van der Waals surface area contributed by atoms with Crippen LogP contribution in [0.25, 0.3) is 16.6 Å². The van der Waals surface area contributed by atoms with Gasteiger partial charge in [-0.3, -0.25) is 14.2 Å². The molecule has 8 heteroatoms. The number of alkyl halides is 3. The summed E-state index contributed by atoms with van der Waals surface area (Å²) in [6.45, 7) is 5.59. The number of halogens is 3. The van der Waals surface area contributed by atoms with E-state index in [4.69, 9.17) is 4.98 Å². The van der Waals surface area contributed by atoms with Crippen molar-refractivity contribution >= 4 is 16.8 Å². The van der Waals surface area contributed by atoms with Gasteiger partial charge in [-0.05, 0) is 74.4 Å². The minimum atomic E-state index is -4.57. The lowest BCUT2D eigenvalue weighted by Crippen LogP contribution is -2.35. The van der Waals surface area contributed by atoms with E-state index in [1.165, 1.54) is 28.6 Å². The largest absolute Gasteiger partial charge is 0.416 e. The van der Waals surface area contributed by atoms with Gasteiger partial charge in [0, 0.05) is 12.6 Å². The van der Waals surface area contributed by atoms with Crippen LogP contribution in [0.4, 0.5) is 13.2 Å². The second kappa shape index (κ2) is 9.02. The lowest BCUT2D eigenvalue weighted by atomic mass is 10.1. The Kier molecular flexibility index (Phi) is 6.23. The summed E-state index contributed by atoms with van der Waals surface area (Å²) in [4.78, 5) is 32.7. The first-order chi connectivity index (χ1) is 16.5. The molecule has 180 valence electrons. The van der Waals surface area contributed by atoms with Gasteiger partial charge in [0.25, 0.3) is 11.5 Å². The first kappa shape index (κ1) is 24.2. The van der Waals surface area contributed by atoms with Gasteiger partial charge in [-0.15, -0.1) is 0 Å². The van der Waals surface area contributed by atoms with Gasteiger partial charge in [0.2, 0.25) is 0 Å². The number of amides is 1. The highest BCUT2D eigenvalue weighted by molar-refractivity contribution is 5.94. The molecule has 0 fully saturated rings. The zero-order chi connectivity index (χ0) is 25.5. The molecule has 0 saturated carbocycles. The van der Waals surface area contributed by atoms with Crippen molar-refractivity contribution in [3.8, 4) is 5.69 Å². The van der Waals surface area contributed by atoms with Crippen molar-refractivity contribution < 1.29 is 18.0 Å². The van der Waals surface area contributed by atoms with E-state index < -0.39 is 23.7 Å². The molecule has 0 bridgehead atoms. The second-order valence-corrected chi connectivity index (χ2v) is 8.57. The zero-order valence-electron chi connectivity index (χ0n) is 19.7. The minimum Gasteiger partial charge on any atom is -0.332 e. The topological polar surface area (TPSA) is 55.2 Å². The molecule has 0 aliphatic rings. The normalized spacial score (nSPS) is 12.5. The Labute approximate surface area is 200 Å². The van der Waals surface area contributed by atoms with E-state index in [0.717, 1.165) is 23.3 Å². The third-order valence-electron chi connectivity index (χ3n) is 6.26. The van der Waals surface area contributed by atoms with E-state index in [9.17, 15) is 22.8 Å². The lowest BCUT2D eigenvalue weighted by Gasteiger charge is -2.27. The molecular formula is C27H24F3N3O2. The number of benzene rings is 3. The van der Waals surface area contributed by atoms with Crippen molar-refractivity contribution in [2.24, 2.45) is 0 Å². The molecule has 0 radical (unpaired) electrons. The average Bonchev–Trinajstić information content (AvgIpc) is 2.84. The molecule has 1 aromatic heterocycles. The fraction of sp³-hybridized carbons (Fsp3) is 0.222. The Morgan fingerprint density at radius 3 is 2.37 bits per heavy atom. The standard InChI is InChI=1S/C27H24F3N3O2/c1-16-12-13-21(14-17(16)2)33-24(31-23-11-6-5-10-22(23)26(33)35)18(3)32(4)25(34)19-8-7-9-20(15-19)27(28,29)30/h5-15,18H,1-4H3.